The van der Waals surface area contributed by atoms with Gasteiger partial charge in [0.1, 0.15) is 0 Å². The lowest BCUT2D eigenvalue weighted by molar-refractivity contribution is -0.122. The van der Waals surface area contributed by atoms with Crippen LogP contribution in [0.25, 0.3) is 0 Å². The summed E-state index contributed by atoms with van der Waals surface area (Å²) in [5.74, 6) is -0.164. The minimum absolute atomic E-state index is 0.0544. The summed E-state index contributed by atoms with van der Waals surface area (Å²) in [6, 6.07) is 0. The maximum atomic E-state index is 11.7. The fourth-order valence-corrected chi connectivity index (χ4v) is 1.50. The fourth-order valence-electron chi connectivity index (χ4n) is 1.26. The molecule has 0 bridgehead atoms. The molecular formula is C12H19ClN2O3. The first-order valence-electron chi connectivity index (χ1n) is 5.83. The average Bonchev–Trinajstić information content (AvgIpc) is 2.58. The van der Waals surface area contributed by atoms with Crippen molar-refractivity contribution in [3.05, 3.63) is 16.5 Å². The van der Waals surface area contributed by atoms with Gasteiger partial charge >= 0.3 is 0 Å². The van der Waals surface area contributed by atoms with Gasteiger partial charge in [0.15, 0.2) is 0 Å². The van der Waals surface area contributed by atoms with E-state index in [9.17, 15) is 9.90 Å². The van der Waals surface area contributed by atoms with E-state index in [1.54, 1.807) is 13.8 Å². The molecule has 2 N–H and O–H groups in total. The number of amides is 1. The van der Waals surface area contributed by atoms with E-state index in [1.807, 2.05) is 13.8 Å². The molecule has 0 saturated heterocycles. The Balaban J connectivity index is 2.53. The number of aliphatic hydroxyl groups is 1. The van der Waals surface area contributed by atoms with Crippen molar-refractivity contribution in [3.8, 4) is 0 Å². The third-order valence-electron chi connectivity index (χ3n) is 3.16. The number of nitrogens with one attached hydrogen (secondary N) is 1. The normalized spacial score (nSPS) is 14.6. The molecule has 1 atom stereocenters. The minimum atomic E-state index is -0.927. The standard InChI is InChI=1S/C12H19ClN2O3/c1-7(2)12(4,17)6-14-10(16)5-9-8(3)15-18-11(9)13/h7,17H,5-6H2,1-4H3,(H,14,16). The van der Waals surface area contributed by atoms with Crippen molar-refractivity contribution < 1.29 is 14.4 Å². The molecule has 0 saturated carbocycles. The second-order valence-electron chi connectivity index (χ2n) is 4.99. The lowest BCUT2D eigenvalue weighted by Gasteiger charge is -2.27. The van der Waals surface area contributed by atoms with E-state index in [0.29, 0.717) is 11.3 Å². The molecule has 18 heavy (non-hydrogen) atoms. The van der Waals surface area contributed by atoms with Crippen LogP contribution < -0.4 is 5.32 Å². The van der Waals surface area contributed by atoms with E-state index in [-0.39, 0.29) is 30.0 Å². The number of nitrogens with zero attached hydrogens (tertiary/aromatic N) is 1. The van der Waals surface area contributed by atoms with Gasteiger partial charge in [0.05, 0.1) is 17.7 Å². The van der Waals surface area contributed by atoms with Crippen molar-refractivity contribution in [3.63, 3.8) is 0 Å². The van der Waals surface area contributed by atoms with Gasteiger partial charge in [-0.2, -0.15) is 0 Å². The zero-order valence-electron chi connectivity index (χ0n) is 11.1. The maximum Gasteiger partial charge on any atom is 0.229 e. The van der Waals surface area contributed by atoms with Gasteiger partial charge in [0.2, 0.25) is 11.1 Å². The zero-order chi connectivity index (χ0) is 13.9. The Labute approximate surface area is 111 Å². The van der Waals surface area contributed by atoms with Crippen LogP contribution in [0.3, 0.4) is 0 Å². The van der Waals surface area contributed by atoms with Gasteiger partial charge in [-0.1, -0.05) is 19.0 Å². The number of carbonyl (C=O) groups excluding carboxylic acids is 1. The number of hydrogen-bond acceptors (Lipinski definition) is 4. The Bertz CT molecular complexity index is 407. The lowest BCUT2D eigenvalue weighted by atomic mass is 9.92. The Hall–Kier alpha value is -1.07. The molecule has 1 heterocycles. The number of hydrogen-bond donors (Lipinski definition) is 2. The average molecular weight is 275 g/mol. The van der Waals surface area contributed by atoms with Crippen LogP contribution in [-0.4, -0.2) is 28.3 Å². The molecule has 1 rings (SSSR count). The summed E-state index contributed by atoms with van der Waals surface area (Å²) in [7, 11) is 0. The summed E-state index contributed by atoms with van der Waals surface area (Å²) in [6.07, 6.45) is 0.0995. The SMILES string of the molecule is Cc1noc(Cl)c1CC(=O)NCC(C)(O)C(C)C. The van der Waals surface area contributed by atoms with Crippen LogP contribution in [0.15, 0.2) is 4.52 Å². The van der Waals surface area contributed by atoms with Gasteiger partial charge < -0.3 is 14.9 Å². The Morgan fingerprint density at radius 1 is 1.61 bits per heavy atom. The van der Waals surface area contributed by atoms with E-state index in [0.717, 1.165) is 0 Å². The first kappa shape index (κ1) is 15.0. The van der Waals surface area contributed by atoms with Crippen LogP contribution in [0.2, 0.25) is 5.22 Å². The minimum Gasteiger partial charge on any atom is -0.388 e. The Kier molecular flexibility index (Phi) is 4.76. The molecule has 0 aliphatic rings. The number of aromatic nitrogens is 1. The van der Waals surface area contributed by atoms with Crippen molar-refractivity contribution in [2.45, 2.75) is 39.7 Å². The lowest BCUT2D eigenvalue weighted by Crippen LogP contribution is -2.44. The van der Waals surface area contributed by atoms with Crippen LogP contribution in [-0.2, 0) is 11.2 Å². The Morgan fingerprint density at radius 2 is 2.22 bits per heavy atom. The number of aryl methyl sites for hydroxylation is 1. The van der Waals surface area contributed by atoms with Crippen molar-refractivity contribution in [2.24, 2.45) is 5.92 Å². The van der Waals surface area contributed by atoms with Crippen molar-refractivity contribution in [2.75, 3.05) is 6.54 Å². The molecule has 5 nitrogen and oxygen atoms in total. The molecule has 1 amide bonds. The topological polar surface area (TPSA) is 75.4 Å². The molecule has 102 valence electrons. The highest BCUT2D eigenvalue weighted by Gasteiger charge is 2.25. The molecule has 0 aliphatic carbocycles. The van der Waals surface area contributed by atoms with Gasteiger partial charge in [-0.05, 0) is 31.4 Å². The highest BCUT2D eigenvalue weighted by molar-refractivity contribution is 6.29. The van der Waals surface area contributed by atoms with Crippen molar-refractivity contribution in [1.82, 2.24) is 10.5 Å². The molecule has 0 fully saturated rings. The Morgan fingerprint density at radius 3 is 2.67 bits per heavy atom. The molecule has 1 aromatic heterocycles. The molecule has 6 heteroatoms. The third kappa shape index (κ3) is 3.71. The molecule has 0 radical (unpaired) electrons. The first-order chi connectivity index (χ1) is 8.24. The van der Waals surface area contributed by atoms with Crippen molar-refractivity contribution in [1.29, 1.82) is 0 Å². The smallest absolute Gasteiger partial charge is 0.229 e. The molecule has 0 spiro atoms. The van der Waals surface area contributed by atoms with Crippen LogP contribution in [0, 0.1) is 12.8 Å². The summed E-state index contributed by atoms with van der Waals surface area (Å²) >= 11 is 5.77. The van der Waals surface area contributed by atoms with E-state index in [1.165, 1.54) is 0 Å². The van der Waals surface area contributed by atoms with Crippen LogP contribution >= 0.6 is 11.6 Å². The molecule has 0 aliphatic heterocycles. The molecule has 0 aromatic carbocycles. The van der Waals surface area contributed by atoms with Crippen LogP contribution in [0.5, 0.6) is 0 Å². The third-order valence-corrected chi connectivity index (χ3v) is 3.46. The summed E-state index contributed by atoms with van der Waals surface area (Å²) in [4.78, 5) is 11.7. The van der Waals surface area contributed by atoms with Gasteiger partial charge in [-0.3, -0.25) is 4.79 Å². The monoisotopic (exact) mass is 274 g/mol. The highest BCUT2D eigenvalue weighted by Crippen LogP contribution is 2.19. The first-order valence-corrected chi connectivity index (χ1v) is 6.21. The van der Waals surface area contributed by atoms with E-state index >= 15 is 0 Å². The maximum absolute atomic E-state index is 11.7. The zero-order valence-corrected chi connectivity index (χ0v) is 11.8. The number of carbonyl (C=O) groups is 1. The molecular weight excluding hydrogens is 256 g/mol. The van der Waals surface area contributed by atoms with Crippen LogP contribution in [0.1, 0.15) is 32.0 Å². The van der Waals surface area contributed by atoms with Crippen LogP contribution in [0.4, 0.5) is 0 Å². The predicted octanol–water partition coefficient (Wildman–Crippen LogP) is 1.70. The second-order valence-corrected chi connectivity index (χ2v) is 5.33. The number of rotatable bonds is 5. The summed E-state index contributed by atoms with van der Waals surface area (Å²) in [6.45, 7) is 7.41. The fraction of sp³-hybridized carbons (Fsp3) is 0.667. The van der Waals surface area contributed by atoms with Gasteiger partial charge in [-0.25, -0.2) is 0 Å². The van der Waals surface area contributed by atoms with Gasteiger partial charge in [0, 0.05) is 12.1 Å². The highest BCUT2D eigenvalue weighted by atomic mass is 35.5. The predicted molar refractivity (Wildman–Crippen MR) is 68.4 cm³/mol. The summed E-state index contributed by atoms with van der Waals surface area (Å²) in [5.41, 5.74) is 0.257. The second kappa shape index (κ2) is 5.71. The van der Waals surface area contributed by atoms with Gasteiger partial charge in [0.25, 0.3) is 0 Å². The van der Waals surface area contributed by atoms with E-state index in [4.69, 9.17) is 16.1 Å². The number of halogens is 1. The van der Waals surface area contributed by atoms with E-state index in [2.05, 4.69) is 10.5 Å². The quantitative estimate of drug-likeness (QED) is 0.857. The van der Waals surface area contributed by atoms with Gasteiger partial charge in [-0.15, -0.1) is 0 Å². The largest absolute Gasteiger partial charge is 0.388 e. The van der Waals surface area contributed by atoms with E-state index < -0.39 is 5.60 Å². The molecule has 1 unspecified atom stereocenters. The van der Waals surface area contributed by atoms with Crippen molar-refractivity contribution >= 4 is 17.5 Å². The summed E-state index contributed by atoms with van der Waals surface area (Å²) in [5, 5.41) is 16.5. The molecule has 1 aromatic rings. The summed E-state index contributed by atoms with van der Waals surface area (Å²) < 4.78 is 4.77.